The van der Waals surface area contributed by atoms with Gasteiger partial charge >= 0.3 is 6.09 Å². The zero-order chi connectivity index (χ0) is 16.7. The molecule has 0 spiro atoms. The van der Waals surface area contributed by atoms with Crippen LogP contribution >= 0.6 is 0 Å². The lowest BCUT2D eigenvalue weighted by molar-refractivity contribution is 0.0794. The third-order valence-electron chi connectivity index (χ3n) is 3.48. The van der Waals surface area contributed by atoms with Crippen LogP contribution in [0, 0.1) is 0 Å². The highest BCUT2D eigenvalue weighted by atomic mass is 16.6. The van der Waals surface area contributed by atoms with Crippen LogP contribution in [0.25, 0.3) is 20.9 Å². The Morgan fingerprint density at radius 3 is 2.61 bits per heavy atom. The van der Waals surface area contributed by atoms with E-state index < -0.39 is 24.4 Å². The van der Waals surface area contributed by atoms with Gasteiger partial charge in [0.15, 0.2) is 0 Å². The summed E-state index contributed by atoms with van der Waals surface area (Å²) in [7, 11) is 1.43. The molecule has 0 aliphatic carbocycles. The molecule has 0 bridgehead atoms. The normalized spacial score (nSPS) is 22.8. The van der Waals surface area contributed by atoms with Crippen LogP contribution < -0.4 is 0 Å². The number of methoxy groups -OCH3 is 1. The molecule has 1 fully saturated rings. The third-order valence-corrected chi connectivity index (χ3v) is 3.48. The fourth-order valence-corrected chi connectivity index (χ4v) is 2.36. The molecule has 1 heterocycles. The largest absolute Gasteiger partial charge is 0.445 e. The molecule has 10 nitrogen and oxygen atoms in total. The van der Waals surface area contributed by atoms with E-state index in [0.717, 1.165) is 5.56 Å². The predicted molar refractivity (Wildman–Crippen MR) is 80.0 cm³/mol. The number of likely N-dealkylation sites (tertiary alicyclic amines) is 1. The van der Waals surface area contributed by atoms with Gasteiger partial charge in [-0.2, -0.15) is 0 Å². The number of hydrogen-bond donors (Lipinski definition) is 0. The number of carbonyl (C=O) groups is 1. The number of amides is 1. The van der Waals surface area contributed by atoms with E-state index in [9.17, 15) is 4.79 Å². The number of hydrogen-bond acceptors (Lipinski definition) is 5. The zero-order valence-electron chi connectivity index (χ0n) is 12.4. The van der Waals surface area contributed by atoms with Crippen molar-refractivity contribution in [3.05, 3.63) is 56.8 Å². The molecular formula is C13H15N7O3. The van der Waals surface area contributed by atoms with Crippen LogP contribution in [0.4, 0.5) is 4.79 Å². The molecule has 23 heavy (non-hydrogen) atoms. The molecule has 10 heteroatoms. The van der Waals surface area contributed by atoms with Crippen LogP contribution in [0.5, 0.6) is 0 Å². The maximum Gasteiger partial charge on any atom is 0.410 e. The Morgan fingerprint density at radius 2 is 2.00 bits per heavy atom. The summed E-state index contributed by atoms with van der Waals surface area (Å²) in [6, 6.07) is 8.37. The zero-order valence-corrected chi connectivity index (χ0v) is 12.4. The predicted octanol–water partition coefficient (Wildman–Crippen LogP) is 2.97. The summed E-state index contributed by atoms with van der Waals surface area (Å²) >= 11 is 0. The van der Waals surface area contributed by atoms with Gasteiger partial charge in [0, 0.05) is 16.9 Å². The van der Waals surface area contributed by atoms with Crippen LogP contribution in [0.1, 0.15) is 5.56 Å². The maximum atomic E-state index is 12.2. The smallest absolute Gasteiger partial charge is 0.410 e. The van der Waals surface area contributed by atoms with Gasteiger partial charge in [-0.1, -0.05) is 40.6 Å². The maximum absolute atomic E-state index is 12.2. The lowest BCUT2D eigenvalue weighted by Crippen LogP contribution is -2.37. The Hall–Kier alpha value is -2.93. The van der Waals surface area contributed by atoms with E-state index in [1.165, 1.54) is 12.0 Å². The second kappa shape index (κ2) is 7.90. The Kier molecular flexibility index (Phi) is 5.65. The number of rotatable bonds is 5. The molecule has 0 aromatic heterocycles. The highest BCUT2D eigenvalue weighted by molar-refractivity contribution is 5.69. The van der Waals surface area contributed by atoms with E-state index in [1.807, 2.05) is 30.3 Å². The van der Waals surface area contributed by atoms with E-state index in [-0.39, 0.29) is 13.2 Å². The average Bonchev–Trinajstić information content (AvgIpc) is 2.92. The lowest BCUT2D eigenvalue weighted by Gasteiger charge is -2.21. The van der Waals surface area contributed by atoms with Crippen molar-refractivity contribution in [2.75, 3.05) is 13.7 Å². The van der Waals surface area contributed by atoms with Crippen molar-refractivity contribution in [3.63, 3.8) is 0 Å². The summed E-state index contributed by atoms with van der Waals surface area (Å²) in [6.07, 6.45) is -2.21. The standard InChI is InChI=1S/C13H15N7O3/c1-22-10-7-20(12(17-19-15)11(10)16-18-14)13(21)23-8-9-5-3-2-4-6-9/h2-6,10-12H,7-8H2,1H3. The monoisotopic (exact) mass is 317 g/mol. The third kappa shape index (κ3) is 3.83. The van der Waals surface area contributed by atoms with Gasteiger partial charge in [0.2, 0.25) is 0 Å². The number of nitrogens with zero attached hydrogens (tertiary/aromatic N) is 7. The van der Waals surface area contributed by atoms with E-state index in [0.29, 0.717) is 0 Å². The molecule has 0 radical (unpaired) electrons. The van der Waals surface area contributed by atoms with Gasteiger partial charge in [0.1, 0.15) is 12.8 Å². The van der Waals surface area contributed by atoms with Crippen molar-refractivity contribution in [1.82, 2.24) is 4.90 Å². The van der Waals surface area contributed by atoms with Crippen molar-refractivity contribution in [2.45, 2.75) is 24.9 Å². The first-order chi connectivity index (χ1) is 11.2. The van der Waals surface area contributed by atoms with Gasteiger partial charge in [-0.25, -0.2) is 4.79 Å². The van der Waals surface area contributed by atoms with Crippen LogP contribution in [0.15, 0.2) is 40.6 Å². The molecule has 1 saturated heterocycles. The molecule has 0 N–H and O–H groups in total. The van der Waals surface area contributed by atoms with Crippen LogP contribution in [0.2, 0.25) is 0 Å². The van der Waals surface area contributed by atoms with E-state index in [1.54, 1.807) is 0 Å². The SMILES string of the molecule is COC1CN(C(=O)OCc2ccccc2)C(N=[N+]=[N-])C1N=[N+]=[N-]. The Morgan fingerprint density at radius 1 is 1.30 bits per heavy atom. The van der Waals surface area contributed by atoms with Crippen LogP contribution in [0.3, 0.4) is 0 Å². The molecular weight excluding hydrogens is 302 g/mol. The van der Waals surface area contributed by atoms with Gasteiger partial charge < -0.3 is 9.47 Å². The summed E-state index contributed by atoms with van der Waals surface area (Å²) in [4.78, 5) is 18.9. The molecule has 1 aliphatic heterocycles. The molecule has 1 aliphatic rings. The minimum Gasteiger partial charge on any atom is -0.445 e. The van der Waals surface area contributed by atoms with Gasteiger partial charge in [0.05, 0.1) is 18.7 Å². The number of ether oxygens (including phenoxy) is 2. The molecule has 3 unspecified atom stereocenters. The molecule has 1 amide bonds. The minimum absolute atomic E-state index is 0.0863. The van der Waals surface area contributed by atoms with Crippen molar-refractivity contribution >= 4 is 6.09 Å². The van der Waals surface area contributed by atoms with Gasteiger partial charge in [-0.15, -0.1) is 0 Å². The van der Waals surface area contributed by atoms with Crippen molar-refractivity contribution in [1.29, 1.82) is 0 Å². The summed E-state index contributed by atoms with van der Waals surface area (Å²) < 4.78 is 10.4. The van der Waals surface area contributed by atoms with Crippen molar-refractivity contribution < 1.29 is 14.3 Å². The van der Waals surface area contributed by atoms with Gasteiger partial charge in [0.25, 0.3) is 0 Å². The highest BCUT2D eigenvalue weighted by Crippen LogP contribution is 2.26. The van der Waals surface area contributed by atoms with E-state index in [4.69, 9.17) is 20.5 Å². The summed E-state index contributed by atoms with van der Waals surface area (Å²) in [5, 5.41) is 7.11. The molecule has 120 valence electrons. The van der Waals surface area contributed by atoms with Gasteiger partial charge in [-0.3, -0.25) is 4.90 Å². The van der Waals surface area contributed by atoms with E-state index >= 15 is 0 Å². The van der Waals surface area contributed by atoms with Crippen LogP contribution in [-0.4, -0.2) is 43.0 Å². The Balaban J connectivity index is 2.11. The molecule has 1 aromatic rings. The second-order valence-corrected chi connectivity index (χ2v) is 4.78. The average molecular weight is 317 g/mol. The first-order valence-corrected chi connectivity index (χ1v) is 6.79. The van der Waals surface area contributed by atoms with E-state index in [2.05, 4.69) is 20.1 Å². The minimum atomic E-state index is -0.982. The topological polar surface area (TPSA) is 136 Å². The fourth-order valence-electron chi connectivity index (χ4n) is 2.36. The number of carbonyl (C=O) groups excluding carboxylic acids is 1. The Bertz CT molecular complexity index is 640. The first-order valence-electron chi connectivity index (χ1n) is 6.79. The van der Waals surface area contributed by atoms with Crippen molar-refractivity contribution in [3.8, 4) is 0 Å². The van der Waals surface area contributed by atoms with Gasteiger partial charge in [-0.05, 0) is 16.6 Å². The molecule has 1 aromatic carbocycles. The second-order valence-electron chi connectivity index (χ2n) is 4.78. The molecule has 3 atom stereocenters. The quantitative estimate of drug-likeness (QED) is 0.469. The number of benzene rings is 1. The number of azide groups is 2. The summed E-state index contributed by atoms with van der Waals surface area (Å²) in [6.45, 7) is 0.195. The molecule has 2 rings (SSSR count). The fraction of sp³-hybridized carbons (Fsp3) is 0.462. The Labute approximate surface area is 131 Å². The van der Waals surface area contributed by atoms with Crippen molar-refractivity contribution in [2.24, 2.45) is 10.2 Å². The first kappa shape index (κ1) is 16.4. The summed E-state index contributed by atoms with van der Waals surface area (Å²) in [5.74, 6) is 0. The highest BCUT2D eigenvalue weighted by Gasteiger charge is 2.44. The molecule has 0 saturated carbocycles. The van der Waals surface area contributed by atoms with Crippen LogP contribution in [-0.2, 0) is 16.1 Å². The lowest BCUT2D eigenvalue weighted by atomic mass is 10.2. The summed E-state index contributed by atoms with van der Waals surface area (Å²) in [5.41, 5.74) is 18.1.